The van der Waals surface area contributed by atoms with Crippen LogP contribution in [0.4, 0.5) is 17.2 Å². The number of hydrogen-bond donors (Lipinski definition) is 3. The predicted octanol–water partition coefficient (Wildman–Crippen LogP) is 11.5. The van der Waals surface area contributed by atoms with Crippen LogP contribution in [0.2, 0.25) is 10.0 Å². The summed E-state index contributed by atoms with van der Waals surface area (Å²) >= 11 is 14.5. The largest absolute Gasteiger partial charge is 0.497 e. The molecule has 8 nitrogen and oxygen atoms in total. The summed E-state index contributed by atoms with van der Waals surface area (Å²) in [6.45, 7) is 15.2. The van der Waals surface area contributed by atoms with Gasteiger partial charge in [0.2, 0.25) is 0 Å². The minimum atomic E-state index is -0.721. The van der Waals surface area contributed by atoms with Gasteiger partial charge >= 0.3 is 0 Å². The molecule has 0 fully saturated rings. The van der Waals surface area contributed by atoms with Crippen LogP contribution in [0.1, 0.15) is 78.9 Å². The lowest BCUT2D eigenvalue weighted by Gasteiger charge is -2.31. The third-order valence-corrected chi connectivity index (χ3v) is 11.5. The Hall–Kier alpha value is -4.31. The van der Waals surface area contributed by atoms with E-state index in [1.165, 1.54) is 29.1 Å². The molecule has 0 spiro atoms. The van der Waals surface area contributed by atoms with E-state index >= 15 is 0 Å². The Morgan fingerprint density at radius 1 is 0.868 bits per heavy atom. The molecule has 0 aliphatic carbocycles. The van der Waals surface area contributed by atoms with Crippen molar-refractivity contribution < 1.29 is 14.3 Å². The van der Waals surface area contributed by atoms with Gasteiger partial charge in [-0.3, -0.25) is 14.7 Å². The maximum absolute atomic E-state index is 14.0. The van der Waals surface area contributed by atoms with Gasteiger partial charge in [-0.2, -0.15) is 0 Å². The number of aromatic nitrogens is 2. The topological polar surface area (TPSA) is 97.4 Å². The maximum Gasteiger partial charge on any atom is 0.287 e. The highest BCUT2D eigenvalue weighted by Gasteiger charge is 2.29. The van der Waals surface area contributed by atoms with E-state index in [0.717, 1.165) is 29.1 Å². The molecular weight excluding hydrogens is 727 g/mol. The second-order valence-electron chi connectivity index (χ2n) is 14.2. The highest BCUT2D eigenvalue weighted by atomic mass is 35.5. The van der Waals surface area contributed by atoms with E-state index in [-0.39, 0.29) is 32.3 Å². The summed E-state index contributed by atoms with van der Waals surface area (Å²) in [7, 11) is 1.52. The number of nitrogens with one attached hydrogen (secondary N) is 3. The highest BCUT2D eigenvalue weighted by Crippen LogP contribution is 2.40. The van der Waals surface area contributed by atoms with E-state index < -0.39 is 6.10 Å². The molecule has 0 aliphatic heterocycles. The number of amides is 1. The van der Waals surface area contributed by atoms with Crippen LogP contribution >= 0.6 is 35.0 Å². The summed E-state index contributed by atoms with van der Waals surface area (Å²) in [5.74, 6) is 1.35. The molecular formula is C42H48Cl2N4O4S. The molecule has 0 radical (unpaired) electrons. The van der Waals surface area contributed by atoms with Crippen molar-refractivity contribution in [2.24, 2.45) is 0 Å². The normalized spacial score (nSPS) is 12.3. The fraction of sp³-hybridized carbons (Fsp3) is 0.333. The SMILES string of the molecule is CCC(Oc1ccc(C(C)(C)CC)cc1C(C)(C)CC)C(=O)Nc1cccc(Nc2[nH]n(-c3c(Cl)cc(OC)cc3Cl)c(=O)c2Sc2ccccc2)c1. The van der Waals surface area contributed by atoms with Gasteiger partial charge in [0.25, 0.3) is 11.5 Å². The van der Waals surface area contributed by atoms with Gasteiger partial charge in [-0.05, 0) is 72.1 Å². The van der Waals surface area contributed by atoms with E-state index in [2.05, 4.69) is 69.4 Å². The van der Waals surface area contributed by atoms with Crippen LogP contribution in [0.15, 0.2) is 99.5 Å². The number of anilines is 3. The molecule has 5 rings (SSSR count). The van der Waals surface area contributed by atoms with Crippen molar-refractivity contribution in [2.75, 3.05) is 17.7 Å². The van der Waals surface area contributed by atoms with E-state index in [1.54, 1.807) is 18.2 Å². The third-order valence-electron chi connectivity index (χ3n) is 9.85. The van der Waals surface area contributed by atoms with Crippen LogP contribution in [0.25, 0.3) is 5.69 Å². The summed E-state index contributed by atoms with van der Waals surface area (Å²) < 4.78 is 13.1. The first-order valence-electron chi connectivity index (χ1n) is 17.8. The molecule has 0 bridgehead atoms. The Kier molecular flexibility index (Phi) is 12.6. The molecule has 1 heterocycles. The number of halogens is 2. The Morgan fingerprint density at radius 2 is 1.53 bits per heavy atom. The molecule has 0 saturated heterocycles. The van der Waals surface area contributed by atoms with Gasteiger partial charge in [0.05, 0.1) is 17.2 Å². The summed E-state index contributed by atoms with van der Waals surface area (Å²) in [6.07, 6.45) is 1.68. The first kappa shape index (κ1) is 39.9. The number of H-pyrrole nitrogens is 1. The van der Waals surface area contributed by atoms with Crippen LogP contribution in [0, 0.1) is 0 Å². The third kappa shape index (κ3) is 9.08. The first-order valence-corrected chi connectivity index (χ1v) is 19.4. The van der Waals surface area contributed by atoms with Crippen LogP contribution in [0.5, 0.6) is 11.5 Å². The molecule has 5 aromatic rings. The van der Waals surface area contributed by atoms with Crippen molar-refractivity contribution in [3.05, 3.63) is 116 Å². The number of nitrogens with zero attached hydrogens (tertiary/aromatic N) is 1. The van der Waals surface area contributed by atoms with Gasteiger partial charge in [0.15, 0.2) is 6.10 Å². The molecule has 11 heteroatoms. The van der Waals surface area contributed by atoms with Crippen molar-refractivity contribution in [3.63, 3.8) is 0 Å². The van der Waals surface area contributed by atoms with Crippen molar-refractivity contribution in [2.45, 2.75) is 94.5 Å². The number of benzene rings is 4. The summed E-state index contributed by atoms with van der Waals surface area (Å²) in [4.78, 5) is 29.0. The van der Waals surface area contributed by atoms with Crippen LogP contribution in [-0.2, 0) is 15.6 Å². The van der Waals surface area contributed by atoms with Crippen molar-refractivity contribution >= 4 is 58.1 Å². The average molecular weight is 776 g/mol. The fourth-order valence-corrected chi connectivity index (χ4v) is 7.28. The van der Waals surface area contributed by atoms with Gasteiger partial charge in [-0.1, -0.05) is 120 Å². The molecule has 0 aliphatic rings. The van der Waals surface area contributed by atoms with E-state index in [4.69, 9.17) is 32.7 Å². The number of rotatable bonds is 15. The molecule has 1 unspecified atom stereocenters. The smallest absolute Gasteiger partial charge is 0.287 e. The Bertz CT molecular complexity index is 2100. The second kappa shape index (κ2) is 16.8. The number of methoxy groups -OCH3 is 1. The van der Waals surface area contributed by atoms with Gasteiger partial charge in [0.1, 0.15) is 27.9 Å². The summed E-state index contributed by atoms with van der Waals surface area (Å²) in [5, 5.41) is 10.0. The van der Waals surface area contributed by atoms with E-state index in [1.807, 2.05) is 61.5 Å². The zero-order chi connectivity index (χ0) is 38.5. The molecule has 3 N–H and O–H groups in total. The number of hydrogen-bond acceptors (Lipinski definition) is 6. The first-order chi connectivity index (χ1) is 25.2. The van der Waals surface area contributed by atoms with Gasteiger partial charge in [-0.15, -0.1) is 0 Å². The number of aromatic amines is 1. The summed E-state index contributed by atoms with van der Waals surface area (Å²) in [5.41, 5.74) is 3.36. The van der Waals surface area contributed by atoms with Crippen molar-refractivity contribution in [1.82, 2.24) is 9.78 Å². The van der Waals surface area contributed by atoms with Gasteiger partial charge in [-0.25, -0.2) is 4.68 Å². The maximum atomic E-state index is 14.0. The quantitative estimate of drug-likeness (QED) is 0.0980. The average Bonchev–Trinajstić information content (AvgIpc) is 3.43. The lowest BCUT2D eigenvalue weighted by atomic mass is 9.76. The number of carbonyl (C=O) groups is 1. The number of carbonyl (C=O) groups excluding carboxylic acids is 1. The lowest BCUT2D eigenvalue weighted by molar-refractivity contribution is -0.122. The zero-order valence-electron chi connectivity index (χ0n) is 31.5. The second-order valence-corrected chi connectivity index (χ2v) is 16.1. The van der Waals surface area contributed by atoms with E-state index in [0.29, 0.717) is 39.9 Å². The Morgan fingerprint density at radius 3 is 2.15 bits per heavy atom. The Labute approximate surface area is 326 Å². The van der Waals surface area contributed by atoms with Gasteiger partial charge in [0, 0.05) is 34.0 Å². The molecule has 0 saturated carbocycles. The molecule has 1 aromatic heterocycles. The lowest BCUT2D eigenvalue weighted by Crippen LogP contribution is -2.33. The monoisotopic (exact) mass is 774 g/mol. The van der Waals surface area contributed by atoms with E-state index in [9.17, 15) is 9.59 Å². The zero-order valence-corrected chi connectivity index (χ0v) is 33.9. The molecule has 280 valence electrons. The minimum absolute atomic E-state index is 0.0180. The van der Waals surface area contributed by atoms with Crippen molar-refractivity contribution in [3.8, 4) is 17.2 Å². The van der Waals surface area contributed by atoms with Crippen LogP contribution in [0.3, 0.4) is 0 Å². The summed E-state index contributed by atoms with van der Waals surface area (Å²) in [6, 6.07) is 26.5. The standard InChI is InChI=1S/C42H48Cl2N4O4S/c1-9-34(52-35-21-20-26(41(4,5)10-2)22-31(35)42(6,7)11-3)39(49)46-28-17-15-16-27(23-28)45-38-37(53-30-18-13-12-14-19-30)40(50)48(47-38)36-32(43)24-29(51-8)25-33(36)44/h12-25,34,45,47H,9-11H2,1-8H3,(H,46,49). The van der Waals surface area contributed by atoms with Crippen LogP contribution in [-0.4, -0.2) is 28.9 Å². The van der Waals surface area contributed by atoms with Gasteiger partial charge < -0.3 is 20.1 Å². The minimum Gasteiger partial charge on any atom is -0.497 e. The molecule has 53 heavy (non-hydrogen) atoms. The molecule has 4 aromatic carbocycles. The predicted molar refractivity (Wildman–Crippen MR) is 220 cm³/mol. The molecule has 1 amide bonds. The van der Waals surface area contributed by atoms with Crippen molar-refractivity contribution in [1.29, 1.82) is 0 Å². The molecule has 1 atom stereocenters. The fourth-order valence-electron chi connectivity index (χ4n) is 5.73. The number of ether oxygens (including phenoxy) is 2. The van der Waals surface area contributed by atoms with Crippen LogP contribution < -0.4 is 25.7 Å². The highest BCUT2D eigenvalue weighted by molar-refractivity contribution is 7.99. The Balaban J connectivity index is 1.43.